The van der Waals surface area contributed by atoms with Crippen molar-refractivity contribution in [3.05, 3.63) is 35.6 Å². The number of hydrogen-bond donors (Lipinski definition) is 2. The van der Waals surface area contributed by atoms with E-state index < -0.39 is 6.10 Å². The Morgan fingerprint density at radius 2 is 2.15 bits per heavy atom. The summed E-state index contributed by atoms with van der Waals surface area (Å²) in [6, 6.07) is 6.58. The maximum atomic E-state index is 13.3. The highest BCUT2D eigenvalue weighted by molar-refractivity contribution is 5.76. The van der Waals surface area contributed by atoms with Crippen molar-refractivity contribution in [3.63, 3.8) is 0 Å². The third-order valence-electron chi connectivity index (χ3n) is 4.08. The molecule has 1 aliphatic carbocycles. The number of aliphatic hydroxyl groups excluding tert-OH is 1. The van der Waals surface area contributed by atoms with Crippen LogP contribution in [-0.2, 0) is 10.2 Å². The van der Waals surface area contributed by atoms with Crippen LogP contribution in [0.1, 0.15) is 38.7 Å². The van der Waals surface area contributed by atoms with Crippen LogP contribution in [0.25, 0.3) is 0 Å². The van der Waals surface area contributed by atoms with Gasteiger partial charge < -0.3 is 10.4 Å². The summed E-state index contributed by atoms with van der Waals surface area (Å²) in [5, 5.41) is 12.6. The van der Waals surface area contributed by atoms with E-state index in [0.29, 0.717) is 6.54 Å². The van der Waals surface area contributed by atoms with E-state index in [4.69, 9.17) is 0 Å². The van der Waals surface area contributed by atoms with Crippen LogP contribution in [0.4, 0.5) is 4.39 Å². The van der Waals surface area contributed by atoms with Crippen LogP contribution in [-0.4, -0.2) is 23.7 Å². The summed E-state index contributed by atoms with van der Waals surface area (Å²) in [4.78, 5) is 11.8. The zero-order chi connectivity index (χ0) is 14.8. The number of hydrogen-bond acceptors (Lipinski definition) is 2. The normalized spacial score (nSPS) is 17.9. The summed E-state index contributed by atoms with van der Waals surface area (Å²) in [6.45, 7) is 4.28. The van der Waals surface area contributed by atoms with Gasteiger partial charge in [0.25, 0.3) is 0 Å². The Morgan fingerprint density at radius 1 is 1.45 bits per heavy atom. The summed E-state index contributed by atoms with van der Waals surface area (Å²) in [7, 11) is 0. The lowest BCUT2D eigenvalue weighted by atomic mass is 9.95. The third kappa shape index (κ3) is 3.57. The highest BCUT2D eigenvalue weighted by Gasteiger charge is 2.44. The molecule has 0 aromatic heterocycles. The summed E-state index contributed by atoms with van der Waals surface area (Å²) in [6.07, 6.45) is 1.43. The monoisotopic (exact) mass is 279 g/mol. The molecular formula is C16H22FNO2. The van der Waals surface area contributed by atoms with Crippen LogP contribution in [0.5, 0.6) is 0 Å². The fraction of sp³-hybridized carbons (Fsp3) is 0.562. The summed E-state index contributed by atoms with van der Waals surface area (Å²) >= 11 is 0. The van der Waals surface area contributed by atoms with E-state index in [1.54, 1.807) is 12.1 Å². The van der Waals surface area contributed by atoms with E-state index in [-0.39, 0.29) is 29.5 Å². The summed E-state index contributed by atoms with van der Waals surface area (Å²) in [5.74, 6) is -0.317. The molecule has 0 aliphatic heterocycles. The van der Waals surface area contributed by atoms with E-state index in [1.165, 1.54) is 6.07 Å². The van der Waals surface area contributed by atoms with Gasteiger partial charge in [-0.2, -0.15) is 0 Å². The minimum absolute atomic E-state index is 0.0684. The van der Waals surface area contributed by atoms with E-state index in [0.717, 1.165) is 18.4 Å². The lowest BCUT2D eigenvalue weighted by Gasteiger charge is -2.18. The molecule has 1 saturated carbocycles. The molecule has 1 aliphatic rings. The molecular weight excluding hydrogens is 257 g/mol. The van der Waals surface area contributed by atoms with Gasteiger partial charge in [0.2, 0.25) is 5.91 Å². The maximum Gasteiger partial charge on any atom is 0.222 e. The van der Waals surface area contributed by atoms with Gasteiger partial charge in [-0.15, -0.1) is 0 Å². The zero-order valence-corrected chi connectivity index (χ0v) is 12.0. The minimum Gasteiger partial charge on any atom is -0.392 e. The van der Waals surface area contributed by atoms with Crippen molar-refractivity contribution in [3.8, 4) is 0 Å². The second-order valence-electron chi connectivity index (χ2n) is 6.08. The van der Waals surface area contributed by atoms with Gasteiger partial charge in [0.05, 0.1) is 12.5 Å². The lowest BCUT2D eigenvalue weighted by Crippen LogP contribution is -2.35. The van der Waals surface area contributed by atoms with Crippen molar-refractivity contribution in [1.29, 1.82) is 0 Å². The second-order valence-corrected chi connectivity index (χ2v) is 6.08. The Bertz CT molecular complexity index is 483. The first-order valence-electron chi connectivity index (χ1n) is 7.14. The molecule has 1 unspecified atom stereocenters. The molecule has 1 fully saturated rings. The number of benzene rings is 1. The Hall–Kier alpha value is -1.42. The molecule has 0 spiro atoms. The largest absolute Gasteiger partial charge is 0.392 e. The van der Waals surface area contributed by atoms with Crippen molar-refractivity contribution in [1.82, 2.24) is 5.32 Å². The quantitative estimate of drug-likeness (QED) is 0.840. The minimum atomic E-state index is -0.612. The zero-order valence-electron chi connectivity index (χ0n) is 12.0. The molecule has 1 amide bonds. The Kier molecular flexibility index (Phi) is 4.43. The molecule has 4 heteroatoms. The van der Waals surface area contributed by atoms with Gasteiger partial charge in [-0.3, -0.25) is 4.79 Å². The van der Waals surface area contributed by atoms with Crippen LogP contribution in [0, 0.1) is 11.7 Å². The first-order valence-corrected chi connectivity index (χ1v) is 7.14. The molecule has 1 aromatic carbocycles. The van der Waals surface area contributed by atoms with Crippen LogP contribution in [0.3, 0.4) is 0 Å². The summed E-state index contributed by atoms with van der Waals surface area (Å²) < 4.78 is 13.3. The second kappa shape index (κ2) is 5.92. The van der Waals surface area contributed by atoms with E-state index in [2.05, 4.69) is 5.32 Å². The Balaban J connectivity index is 1.89. The predicted octanol–water partition coefficient (Wildman–Crippen LogP) is 2.38. The Labute approximate surface area is 119 Å². The van der Waals surface area contributed by atoms with Gasteiger partial charge in [0.15, 0.2) is 0 Å². The van der Waals surface area contributed by atoms with Gasteiger partial charge in [0.1, 0.15) is 5.82 Å². The molecule has 2 rings (SSSR count). The number of nitrogens with one attached hydrogen (secondary N) is 1. The molecule has 1 aromatic rings. The first kappa shape index (κ1) is 15.0. The van der Waals surface area contributed by atoms with Gasteiger partial charge in [-0.25, -0.2) is 4.39 Å². The van der Waals surface area contributed by atoms with E-state index >= 15 is 0 Å². The first-order chi connectivity index (χ1) is 9.43. The van der Waals surface area contributed by atoms with E-state index in [1.807, 2.05) is 19.9 Å². The third-order valence-corrected chi connectivity index (χ3v) is 4.08. The smallest absolute Gasteiger partial charge is 0.222 e. The van der Waals surface area contributed by atoms with Crippen molar-refractivity contribution >= 4 is 5.91 Å². The molecule has 2 N–H and O–H groups in total. The van der Waals surface area contributed by atoms with Gasteiger partial charge >= 0.3 is 0 Å². The number of carbonyl (C=O) groups is 1. The van der Waals surface area contributed by atoms with Gasteiger partial charge in [0, 0.05) is 12.0 Å². The molecule has 110 valence electrons. The molecule has 0 saturated heterocycles. The molecule has 0 heterocycles. The average molecular weight is 279 g/mol. The molecule has 0 bridgehead atoms. The summed E-state index contributed by atoms with van der Waals surface area (Å²) in [5.41, 5.74) is 0.836. The SMILES string of the molecule is CC(C)C(O)CC(=O)NCC1(c2cccc(F)c2)CC1. The van der Waals surface area contributed by atoms with Crippen LogP contribution in [0.15, 0.2) is 24.3 Å². The highest BCUT2D eigenvalue weighted by Crippen LogP contribution is 2.47. The van der Waals surface area contributed by atoms with Gasteiger partial charge in [-0.1, -0.05) is 26.0 Å². The fourth-order valence-electron chi connectivity index (χ4n) is 2.30. The van der Waals surface area contributed by atoms with Crippen molar-refractivity contribution in [2.75, 3.05) is 6.54 Å². The lowest BCUT2D eigenvalue weighted by molar-refractivity contribution is -0.123. The number of amides is 1. The number of carbonyl (C=O) groups excluding carboxylic acids is 1. The number of rotatable bonds is 6. The molecule has 0 radical (unpaired) electrons. The van der Waals surface area contributed by atoms with Crippen LogP contribution >= 0.6 is 0 Å². The topological polar surface area (TPSA) is 49.3 Å². The standard InChI is InChI=1S/C16H22FNO2/c1-11(2)14(19)9-15(20)18-10-16(6-7-16)12-4-3-5-13(17)8-12/h3-5,8,11,14,19H,6-7,9-10H2,1-2H3,(H,18,20). The van der Waals surface area contributed by atoms with Crippen molar-refractivity contribution in [2.45, 2.75) is 44.6 Å². The number of aliphatic hydroxyl groups is 1. The van der Waals surface area contributed by atoms with E-state index in [9.17, 15) is 14.3 Å². The Morgan fingerprint density at radius 3 is 2.70 bits per heavy atom. The maximum absolute atomic E-state index is 13.3. The predicted molar refractivity (Wildman–Crippen MR) is 75.8 cm³/mol. The van der Waals surface area contributed by atoms with Crippen LogP contribution < -0.4 is 5.32 Å². The van der Waals surface area contributed by atoms with Crippen molar-refractivity contribution < 1.29 is 14.3 Å². The highest BCUT2D eigenvalue weighted by atomic mass is 19.1. The fourth-order valence-corrected chi connectivity index (χ4v) is 2.30. The van der Waals surface area contributed by atoms with Crippen molar-refractivity contribution in [2.24, 2.45) is 5.92 Å². The van der Waals surface area contributed by atoms with Crippen LogP contribution in [0.2, 0.25) is 0 Å². The number of halogens is 1. The average Bonchev–Trinajstić information content (AvgIpc) is 3.17. The molecule has 3 nitrogen and oxygen atoms in total. The van der Waals surface area contributed by atoms with Gasteiger partial charge in [-0.05, 0) is 36.5 Å². The molecule has 20 heavy (non-hydrogen) atoms. The molecule has 1 atom stereocenters.